The summed E-state index contributed by atoms with van der Waals surface area (Å²) in [6.45, 7) is 6.79. The Bertz CT molecular complexity index is 951. The smallest absolute Gasteiger partial charge is 0.325 e. The van der Waals surface area contributed by atoms with Crippen LogP contribution in [-0.2, 0) is 21.6 Å². The third kappa shape index (κ3) is 3.77. The van der Waals surface area contributed by atoms with Crippen LogP contribution in [0.4, 0.5) is 4.79 Å². The van der Waals surface area contributed by atoms with Crippen LogP contribution in [0.2, 0.25) is 0 Å². The van der Waals surface area contributed by atoms with Crippen molar-refractivity contribution in [3.05, 3.63) is 58.9 Å². The molecule has 0 saturated carbocycles. The number of Topliss-reactive ketones (excluding diaryl/α,β-unsaturated/α-hetero) is 1. The fraction of sp³-hybridized carbons (Fsp3) is 0.435. The second-order valence-electron chi connectivity index (χ2n) is 7.65. The van der Waals surface area contributed by atoms with Crippen LogP contribution in [0.15, 0.2) is 36.4 Å². The lowest BCUT2D eigenvalue weighted by Gasteiger charge is -2.25. The summed E-state index contributed by atoms with van der Waals surface area (Å²) in [5, 5.41) is 2.82. The molecule has 0 aliphatic carbocycles. The zero-order chi connectivity index (χ0) is 21.9. The number of imide groups is 1. The number of carbonyl (C=O) groups excluding carboxylic acids is 3. The van der Waals surface area contributed by atoms with Gasteiger partial charge in [0.2, 0.25) is 0 Å². The summed E-state index contributed by atoms with van der Waals surface area (Å²) in [6.07, 6.45) is 1.24. The maximum absolute atomic E-state index is 13.2. The number of rotatable bonds is 9. The highest BCUT2D eigenvalue weighted by Gasteiger charge is 2.51. The molecule has 2 aromatic rings. The molecule has 30 heavy (non-hydrogen) atoms. The molecule has 1 saturated heterocycles. The third-order valence-electron chi connectivity index (χ3n) is 5.88. The molecule has 0 unspecified atom stereocenters. The number of methoxy groups -OCH3 is 1. The monoisotopic (exact) mass is 411 g/mol. The number of ketones is 1. The number of nitrogens with zero attached hydrogens (tertiary/aromatic N) is 2. The van der Waals surface area contributed by atoms with Crippen molar-refractivity contribution in [1.29, 1.82) is 0 Å². The van der Waals surface area contributed by atoms with E-state index in [1.807, 2.05) is 57.2 Å². The van der Waals surface area contributed by atoms with Crippen molar-refractivity contribution in [3.8, 4) is 0 Å². The molecule has 3 rings (SSSR count). The highest BCUT2D eigenvalue weighted by atomic mass is 16.5. The predicted molar refractivity (Wildman–Crippen MR) is 113 cm³/mol. The van der Waals surface area contributed by atoms with Gasteiger partial charge in [-0.05, 0) is 38.3 Å². The van der Waals surface area contributed by atoms with E-state index in [1.54, 1.807) is 7.11 Å². The first-order valence-electron chi connectivity index (χ1n) is 10.2. The lowest BCUT2D eigenvalue weighted by Crippen LogP contribution is -2.43. The van der Waals surface area contributed by atoms with Crippen molar-refractivity contribution >= 4 is 17.7 Å². The molecule has 0 bridgehead atoms. The summed E-state index contributed by atoms with van der Waals surface area (Å²) in [5.41, 5.74) is 1.94. The van der Waals surface area contributed by atoms with Gasteiger partial charge in [-0.2, -0.15) is 0 Å². The second kappa shape index (κ2) is 8.83. The molecule has 3 amide bonds. The molecule has 1 N–H and O–H groups in total. The van der Waals surface area contributed by atoms with E-state index < -0.39 is 11.6 Å². The summed E-state index contributed by atoms with van der Waals surface area (Å²) in [5.74, 6) is -0.631. The Balaban J connectivity index is 1.81. The number of aryl methyl sites for hydroxylation is 1. The van der Waals surface area contributed by atoms with E-state index in [0.29, 0.717) is 18.6 Å². The van der Waals surface area contributed by atoms with Gasteiger partial charge in [-0.15, -0.1) is 0 Å². The molecule has 1 atom stereocenters. The minimum absolute atomic E-state index is 0.246. The Morgan fingerprint density at radius 1 is 1.17 bits per heavy atom. The first-order valence-corrected chi connectivity index (χ1v) is 10.2. The minimum atomic E-state index is -1.13. The summed E-state index contributed by atoms with van der Waals surface area (Å²) >= 11 is 0. The van der Waals surface area contributed by atoms with Crippen molar-refractivity contribution in [2.24, 2.45) is 0 Å². The highest BCUT2D eigenvalue weighted by molar-refractivity contribution is 6.11. The molecule has 1 aliphatic heterocycles. The van der Waals surface area contributed by atoms with Crippen molar-refractivity contribution in [2.75, 3.05) is 20.3 Å². The maximum Gasteiger partial charge on any atom is 0.325 e. The molecule has 1 aromatic heterocycles. The number of hydrogen-bond donors (Lipinski definition) is 1. The fourth-order valence-corrected chi connectivity index (χ4v) is 4.16. The van der Waals surface area contributed by atoms with Crippen LogP contribution in [-0.4, -0.2) is 47.4 Å². The highest BCUT2D eigenvalue weighted by Crippen LogP contribution is 2.32. The Hall–Kier alpha value is -2.93. The first-order chi connectivity index (χ1) is 14.4. The van der Waals surface area contributed by atoms with E-state index in [4.69, 9.17) is 4.74 Å². The van der Waals surface area contributed by atoms with Gasteiger partial charge in [0.25, 0.3) is 5.91 Å². The number of aromatic nitrogens is 1. The average molecular weight is 412 g/mol. The van der Waals surface area contributed by atoms with Crippen LogP contribution in [0, 0.1) is 13.8 Å². The molecule has 7 heteroatoms. The van der Waals surface area contributed by atoms with E-state index in [2.05, 4.69) is 9.88 Å². The van der Waals surface area contributed by atoms with Gasteiger partial charge < -0.3 is 14.6 Å². The Kier molecular flexibility index (Phi) is 6.41. The zero-order valence-corrected chi connectivity index (χ0v) is 18.0. The molecule has 1 aromatic carbocycles. The first kappa shape index (κ1) is 21.8. The van der Waals surface area contributed by atoms with Gasteiger partial charge in [-0.1, -0.05) is 37.3 Å². The average Bonchev–Trinajstić information content (AvgIpc) is 3.17. The standard InChI is InChI=1S/C23H29N3O4/c1-5-23(18-10-7-6-8-11-18)21(28)26(22(29)24-23)15-20(27)19-14-16(2)25(17(19)3)12-9-13-30-4/h6-8,10-11,14H,5,9,12-13,15H2,1-4H3,(H,24,29)/t23-/m1/s1. The topological polar surface area (TPSA) is 80.6 Å². The normalized spacial score (nSPS) is 18.7. The van der Waals surface area contributed by atoms with Gasteiger partial charge in [0.05, 0.1) is 6.54 Å². The van der Waals surface area contributed by atoms with Crippen LogP contribution < -0.4 is 5.32 Å². The Morgan fingerprint density at radius 3 is 2.50 bits per heavy atom. The largest absolute Gasteiger partial charge is 0.385 e. The second-order valence-corrected chi connectivity index (χ2v) is 7.65. The number of amides is 3. The number of hydrogen-bond acceptors (Lipinski definition) is 4. The summed E-state index contributed by atoms with van der Waals surface area (Å²) in [4.78, 5) is 40.0. The summed E-state index contributed by atoms with van der Waals surface area (Å²) < 4.78 is 7.18. The van der Waals surface area contributed by atoms with Crippen LogP contribution >= 0.6 is 0 Å². The molecule has 1 fully saturated rings. The van der Waals surface area contributed by atoms with E-state index in [9.17, 15) is 14.4 Å². The molecular weight excluding hydrogens is 382 g/mol. The van der Waals surface area contributed by atoms with Crippen LogP contribution in [0.3, 0.4) is 0 Å². The third-order valence-corrected chi connectivity index (χ3v) is 5.88. The molecule has 1 aliphatic rings. The molecule has 2 heterocycles. The molecular formula is C23H29N3O4. The quantitative estimate of drug-likeness (QED) is 0.390. The molecule has 160 valence electrons. The minimum Gasteiger partial charge on any atom is -0.385 e. The van der Waals surface area contributed by atoms with Gasteiger partial charge in [0.15, 0.2) is 5.78 Å². The number of nitrogens with one attached hydrogen (secondary N) is 1. The van der Waals surface area contributed by atoms with Gasteiger partial charge in [0, 0.05) is 37.2 Å². The van der Waals surface area contributed by atoms with E-state index in [0.717, 1.165) is 34.8 Å². The zero-order valence-electron chi connectivity index (χ0n) is 18.0. The van der Waals surface area contributed by atoms with Gasteiger partial charge in [0.1, 0.15) is 5.54 Å². The molecule has 0 spiro atoms. The van der Waals surface area contributed by atoms with E-state index in [-0.39, 0.29) is 18.2 Å². The molecule has 7 nitrogen and oxygen atoms in total. The number of ether oxygens (including phenoxy) is 1. The van der Waals surface area contributed by atoms with Crippen molar-refractivity contribution in [3.63, 3.8) is 0 Å². The number of carbonyl (C=O) groups is 3. The SMILES string of the molecule is CC[C@]1(c2ccccc2)NC(=O)N(CC(=O)c2cc(C)n(CCCOC)c2C)C1=O. The van der Waals surface area contributed by atoms with Crippen LogP contribution in [0.25, 0.3) is 0 Å². The molecule has 0 radical (unpaired) electrons. The van der Waals surface area contributed by atoms with Crippen molar-refractivity contribution in [2.45, 2.75) is 45.7 Å². The van der Waals surface area contributed by atoms with E-state index in [1.165, 1.54) is 0 Å². The number of urea groups is 1. The Morgan fingerprint density at radius 2 is 1.87 bits per heavy atom. The number of benzene rings is 1. The van der Waals surface area contributed by atoms with Gasteiger partial charge in [-0.25, -0.2) is 4.79 Å². The van der Waals surface area contributed by atoms with Gasteiger partial charge in [-0.3, -0.25) is 14.5 Å². The summed E-state index contributed by atoms with van der Waals surface area (Å²) in [6, 6.07) is 10.5. The predicted octanol–water partition coefficient (Wildman–Crippen LogP) is 3.18. The lowest BCUT2D eigenvalue weighted by molar-refractivity contribution is -0.131. The lowest BCUT2D eigenvalue weighted by atomic mass is 9.87. The van der Waals surface area contributed by atoms with E-state index >= 15 is 0 Å². The fourth-order valence-electron chi connectivity index (χ4n) is 4.16. The maximum atomic E-state index is 13.2. The Labute approximate surface area is 177 Å². The van der Waals surface area contributed by atoms with Crippen molar-refractivity contribution < 1.29 is 19.1 Å². The van der Waals surface area contributed by atoms with Crippen molar-refractivity contribution in [1.82, 2.24) is 14.8 Å². The van der Waals surface area contributed by atoms with Crippen LogP contribution in [0.5, 0.6) is 0 Å². The van der Waals surface area contributed by atoms with Crippen LogP contribution in [0.1, 0.15) is 47.1 Å². The van der Waals surface area contributed by atoms with Gasteiger partial charge >= 0.3 is 6.03 Å². The summed E-state index contributed by atoms with van der Waals surface area (Å²) in [7, 11) is 1.66.